The molecule has 0 saturated heterocycles. The molecule has 0 amide bonds. The minimum Gasteiger partial charge on any atom is -0.397 e. The Labute approximate surface area is 99.9 Å². The average molecular weight is 258 g/mol. The number of halogens is 3. The number of rotatable bonds is 2. The number of hydrogen-bond acceptors (Lipinski definition) is 3. The van der Waals surface area contributed by atoms with E-state index in [0.717, 1.165) is 17.8 Å². The van der Waals surface area contributed by atoms with E-state index < -0.39 is 11.7 Å². The lowest BCUT2D eigenvalue weighted by Crippen LogP contribution is -2.06. The normalized spacial score (nSPS) is 11.5. The molecule has 0 radical (unpaired) electrons. The first kappa shape index (κ1) is 11.8. The van der Waals surface area contributed by atoms with Gasteiger partial charge >= 0.3 is 6.18 Å². The number of nitrogens with one attached hydrogen (secondary N) is 1. The van der Waals surface area contributed by atoms with E-state index in [1.807, 2.05) is 16.8 Å². The van der Waals surface area contributed by atoms with Gasteiger partial charge in [-0.2, -0.15) is 24.5 Å². The number of thiophene rings is 1. The van der Waals surface area contributed by atoms with E-state index in [2.05, 4.69) is 5.32 Å². The summed E-state index contributed by atoms with van der Waals surface area (Å²) in [6.07, 6.45) is -4.37. The molecular formula is C11H9F3N2S. The molecule has 1 aromatic carbocycles. The van der Waals surface area contributed by atoms with Gasteiger partial charge in [0, 0.05) is 11.1 Å². The van der Waals surface area contributed by atoms with Crippen LogP contribution in [0.5, 0.6) is 0 Å². The summed E-state index contributed by atoms with van der Waals surface area (Å²) in [5.41, 5.74) is 6.18. The SMILES string of the molecule is Nc1cc(C(F)(F)F)ccc1Nc1ccsc1. The lowest BCUT2D eigenvalue weighted by molar-refractivity contribution is -0.137. The van der Waals surface area contributed by atoms with E-state index in [0.29, 0.717) is 5.69 Å². The van der Waals surface area contributed by atoms with Gasteiger partial charge in [-0.3, -0.25) is 0 Å². The molecular weight excluding hydrogens is 249 g/mol. The predicted molar refractivity (Wildman–Crippen MR) is 63.5 cm³/mol. The molecule has 0 aliphatic rings. The molecule has 2 aromatic rings. The van der Waals surface area contributed by atoms with Gasteiger partial charge in [-0.25, -0.2) is 0 Å². The van der Waals surface area contributed by atoms with Crippen molar-refractivity contribution in [1.29, 1.82) is 0 Å². The summed E-state index contributed by atoms with van der Waals surface area (Å²) in [5, 5.41) is 6.66. The average Bonchev–Trinajstić information content (AvgIpc) is 2.72. The Kier molecular flexibility index (Phi) is 2.97. The van der Waals surface area contributed by atoms with Crippen molar-refractivity contribution in [2.45, 2.75) is 6.18 Å². The summed E-state index contributed by atoms with van der Waals surface area (Å²) >= 11 is 1.49. The maximum atomic E-state index is 12.4. The van der Waals surface area contributed by atoms with Crippen LogP contribution in [0.4, 0.5) is 30.2 Å². The molecule has 6 heteroatoms. The van der Waals surface area contributed by atoms with Crippen molar-refractivity contribution in [1.82, 2.24) is 0 Å². The van der Waals surface area contributed by atoms with Crippen LogP contribution in [-0.4, -0.2) is 0 Å². The maximum absolute atomic E-state index is 12.4. The van der Waals surface area contributed by atoms with E-state index in [9.17, 15) is 13.2 Å². The Balaban J connectivity index is 2.26. The van der Waals surface area contributed by atoms with Gasteiger partial charge in [-0.1, -0.05) is 0 Å². The topological polar surface area (TPSA) is 38.0 Å². The molecule has 0 aliphatic heterocycles. The highest BCUT2D eigenvalue weighted by atomic mass is 32.1. The van der Waals surface area contributed by atoms with E-state index in [-0.39, 0.29) is 5.69 Å². The highest BCUT2D eigenvalue weighted by Gasteiger charge is 2.30. The Hall–Kier alpha value is -1.69. The van der Waals surface area contributed by atoms with Crippen LogP contribution in [0.3, 0.4) is 0 Å². The van der Waals surface area contributed by atoms with Gasteiger partial charge in [0.05, 0.1) is 16.9 Å². The summed E-state index contributed by atoms with van der Waals surface area (Å²) in [5.74, 6) is 0. The molecule has 17 heavy (non-hydrogen) atoms. The standard InChI is InChI=1S/C11H9F3N2S/c12-11(13,14)7-1-2-10(9(15)5-7)16-8-3-4-17-6-8/h1-6,16H,15H2. The zero-order valence-corrected chi connectivity index (χ0v) is 9.40. The van der Waals surface area contributed by atoms with Crippen LogP contribution in [0.25, 0.3) is 0 Å². The van der Waals surface area contributed by atoms with Crippen molar-refractivity contribution in [3.8, 4) is 0 Å². The summed E-state index contributed by atoms with van der Waals surface area (Å²) in [7, 11) is 0. The molecule has 0 saturated carbocycles. The molecule has 1 heterocycles. The fourth-order valence-electron chi connectivity index (χ4n) is 1.34. The van der Waals surface area contributed by atoms with Gasteiger partial charge < -0.3 is 11.1 Å². The zero-order valence-electron chi connectivity index (χ0n) is 8.58. The number of alkyl halides is 3. The van der Waals surface area contributed by atoms with Crippen molar-refractivity contribution in [3.05, 3.63) is 40.6 Å². The van der Waals surface area contributed by atoms with Crippen LogP contribution in [0.1, 0.15) is 5.56 Å². The molecule has 2 rings (SSSR count). The number of benzene rings is 1. The summed E-state index contributed by atoms with van der Waals surface area (Å²) in [6, 6.07) is 5.08. The Morgan fingerprint density at radius 1 is 1.18 bits per heavy atom. The van der Waals surface area contributed by atoms with E-state index >= 15 is 0 Å². The van der Waals surface area contributed by atoms with Gasteiger partial charge in [0.15, 0.2) is 0 Å². The summed E-state index contributed by atoms with van der Waals surface area (Å²) in [4.78, 5) is 0. The number of hydrogen-bond donors (Lipinski definition) is 2. The molecule has 0 aliphatic carbocycles. The fourth-order valence-corrected chi connectivity index (χ4v) is 1.93. The molecule has 2 nitrogen and oxygen atoms in total. The highest BCUT2D eigenvalue weighted by Crippen LogP contribution is 2.33. The van der Waals surface area contributed by atoms with Crippen molar-refractivity contribution in [3.63, 3.8) is 0 Å². The predicted octanol–water partition coefficient (Wildman–Crippen LogP) is 4.09. The third-order valence-electron chi connectivity index (χ3n) is 2.18. The fraction of sp³-hybridized carbons (Fsp3) is 0.0909. The first-order valence-corrected chi connectivity index (χ1v) is 5.67. The Morgan fingerprint density at radius 3 is 2.47 bits per heavy atom. The quantitative estimate of drug-likeness (QED) is 0.796. The molecule has 1 aromatic heterocycles. The highest BCUT2D eigenvalue weighted by molar-refractivity contribution is 7.08. The molecule has 0 unspecified atom stereocenters. The van der Waals surface area contributed by atoms with E-state index in [4.69, 9.17) is 5.73 Å². The van der Waals surface area contributed by atoms with Gasteiger partial charge in [0.2, 0.25) is 0 Å². The van der Waals surface area contributed by atoms with Crippen LogP contribution in [0.15, 0.2) is 35.0 Å². The number of nitrogens with two attached hydrogens (primary N) is 1. The minimum atomic E-state index is -4.37. The third kappa shape index (κ3) is 2.71. The van der Waals surface area contributed by atoms with Crippen LogP contribution < -0.4 is 11.1 Å². The molecule has 0 spiro atoms. The lowest BCUT2D eigenvalue weighted by atomic mass is 10.1. The summed E-state index contributed by atoms with van der Waals surface area (Å²) < 4.78 is 37.2. The Bertz CT molecular complexity index is 506. The van der Waals surface area contributed by atoms with Gasteiger partial charge in [0.25, 0.3) is 0 Å². The second kappa shape index (κ2) is 4.29. The van der Waals surface area contributed by atoms with Gasteiger partial charge in [-0.15, -0.1) is 0 Å². The zero-order chi connectivity index (χ0) is 12.5. The van der Waals surface area contributed by atoms with Gasteiger partial charge in [0.1, 0.15) is 0 Å². The van der Waals surface area contributed by atoms with Crippen molar-refractivity contribution >= 4 is 28.4 Å². The monoisotopic (exact) mass is 258 g/mol. The van der Waals surface area contributed by atoms with Crippen LogP contribution in [0.2, 0.25) is 0 Å². The first-order valence-electron chi connectivity index (χ1n) is 4.73. The van der Waals surface area contributed by atoms with E-state index in [1.54, 1.807) is 0 Å². The van der Waals surface area contributed by atoms with Crippen LogP contribution in [0, 0.1) is 0 Å². The summed E-state index contributed by atoms with van der Waals surface area (Å²) in [6.45, 7) is 0. The molecule has 3 N–H and O–H groups in total. The second-order valence-corrected chi connectivity index (χ2v) is 4.22. The van der Waals surface area contributed by atoms with Crippen molar-refractivity contribution in [2.24, 2.45) is 0 Å². The van der Waals surface area contributed by atoms with Crippen LogP contribution >= 0.6 is 11.3 Å². The van der Waals surface area contributed by atoms with Crippen molar-refractivity contribution < 1.29 is 13.2 Å². The maximum Gasteiger partial charge on any atom is 0.416 e. The smallest absolute Gasteiger partial charge is 0.397 e. The van der Waals surface area contributed by atoms with Crippen molar-refractivity contribution in [2.75, 3.05) is 11.1 Å². The molecule has 0 atom stereocenters. The second-order valence-electron chi connectivity index (χ2n) is 3.44. The van der Waals surface area contributed by atoms with Gasteiger partial charge in [-0.05, 0) is 29.6 Å². The van der Waals surface area contributed by atoms with E-state index in [1.165, 1.54) is 17.4 Å². The number of nitrogen functional groups attached to an aromatic ring is 1. The molecule has 0 bridgehead atoms. The lowest BCUT2D eigenvalue weighted by Gasteiger charge is -2.11. The molecule has 0 fully saturated rings. The largest absolute Gasteiger partial charge is 0.416 e. The first-order chi connectivity index (χ1) is 7.97. The number of anilines is 3. The third-order valence-corrected chi connectivity index (χ3v) is 2.86. The minimum absolute atomic E-state index is 0.0750. The Morgan fingerprint density at radius 2 is 1.94 bits per heavy atom. The van der Waals surface area contributed by atoms with Crippen LogP contribution in [-0.2, 0) is 6.18 Å². The molecule has 90 valence electrons.